The van der Waals surface area contributed by atoms with E-state index in [2.05, 4.69) is 39.9 Å². The molecule has 0 saturated carbocycles. The third kappa shape index (κ3) is 4.57. The van der Waals surface area contributed by atoms with Crippen molar-refractivity contribution < 1.29 is 23.4 Å². The molecule has 0 aromatic heterocycles. The van der Waals surface area contributed by atoms with Crippen LogP contribution in [-0.4, -0.2) is 39.2 Å². The van der Waals surface area contributed by atoms with Gasteiger partial charge in [-0.05, 0) is 18.1 Å². The number of benzene rings is 1. The molecule has 0 spiro atoms. The number of carbonyl (C=O) groups is 1. The highest BCUT2D eigenvalue weighted by Crippen LogP contribution is 2.41. The van der Waals surface area contributed by atoms with Crippen molar-refractivity contribution in [3.8, 4) is 0 Å². The molecule has 154 valence electrons. The molecular formula is C22H32O5Si. The van der Waals surface area contributed by atoms with E-state index < -0.39 is 20.7 Å². The van der Waals surface area contributed by atoms with E-state index in [1.807, 2.05) is 36.4 Å². The van der Waals surface area contributed by atoms with E-state index >= 15 is 0 Å². The maximum absolute atomic E-state index is 11.9. The van der Waals surface area contributed by atoms with Gasteiger partial charge in [-0.3, -0.25) is 4.79 Å². The maximum atomic E-state index is 11.9. The van der Waals surface area contributed by atoms with E-state index in [1.165, 1.54) is 6.92 Å². The molecule has 0 bridgehead atoms. The average molecular weight is 405 g/mol. The van der Waals surface area contributed by atoms with Crippen LogP contribution in [0, 0.1) is 5.92 Å². The topological polar surface area (TPSA) is 54.0 Å². The highest BCUT2D eigenvalue weighted by Gasteiger charge is 2.48. The summed E-state index contributed by atoms with van der Waals surface area (Å²) in [5.41, 5.74) is 0.957. The monoisotopic (exact) mass is 404 g/mol. The molecule has 3 rings (SSSR count). The Morgan fingerprint density at radius 3 is 2.43 bits per heavy atom. The van der Waals surface area contributed by atoms with E-state index in [1.54, 1.807) is 0 Å². The van der Waals surface area contributed by atoms with Crippen LogP contribution >= 0.6 is 0 Å². The lowest BCUT2D eigenvalue weighted by molar-refractivity contribution is -0.265. The first-order valence-corrected chi connectivity index (χ1v) is 12.8. The van der Waals surface area contributed by atoms with Gasteiger partial charge < -0.3 is 18.6 Å². The molecule has 1 aromatic carbocycles. The molecule has 1 saturated heterocycles. The van der Waals surface area contributed by atoms with Crippen LogP contribution in [0.25, 0.3) is 0 Å². The van der Waals surface area contributed by atoms with Crippen LogP contribution in [0.5, 0.6) is 0 Å². The summed E-state index contributed by atoms with van der Waals surface area (Å²) in [4.78, 5) is 11.9. The van der Waals surface area contributed by atoms with E-state index in [0.29, 0.717) is 6.61 Å². The first-order valence-electron chi connectivity index (χ1n) is 9.94. The first-order chi connectivity index (χ1) is 13.1. The molecule has 1 heterocycles. The Morgan fingerprint density at radius 2 is 1.82 bits per heavy atom. The van der Waals surface area contributed by atoms with Crippen LogP contribution in [0.4, 0.5) is 0 Å². The van der Waals surface area contributed by atoms with Gasteiger partial charge in [-0.1, -0.05) is 63.3 Å². The second-order valence-corrected chi connectivity index (χ2v) is 13.9. The largest absolute Gasteiger partial charge is 0.457 e. The molecule has 28 heavy (non-hydrogen) atoms. The van der Waals surface area contributed by atoms with Crippen LogP contribution in [0.2, 0.25) is 18.1 Å². The predicted molar refractivity (Wildman–Crippen MR) is 110 cm³/mol. The molecule has 1 aliphatic carbocycles. The van der Waals surface area contributed by atoms with Crippen molar-refractivity contribution in [2.24, 2.45) is 5.92 Å². The molecule has 5 atom stereocenters. The SMILES string of the molecule is CC(=O)O[C@H]1[C@@H]2OC(c3ccccc3)OC[C@H]2C=C[C@@H]1O[Si](C)(C)C(C)(C)C. The Morgan fingerprint density at radius 1 is 1.14 bits per heavy atom. The van der Waals surface area contributed by atoms with E-state index in [0.717, 1.165) is 5.56 Å². The van der Waals surface area contributed by atoms with Crippen molar-refractivity contribution in [3.63, 3.8) is 0 Å². The Bertz CT molecular complexity index is 709. The molecule has 0 radical (unpaired) electrons. The zero-order valence-electron chi connectivity index (χ0n) is 17.7. The molecule has 6 heteroatoms. The minimum atomic E-state index is -2.05. The minimum Gasteiger partial charge on any atom is -0.457 e. The molecule has 1 aromatic rings. The fourth-order valence-electron chi connectivity index (χ4n) is 3.35. The quantitative estimate of drug-likeness (QED) is 0.417. The van der Waals surface area contributed by atoms with Crippen molar-refractivity contribution in [1.29, 1.82) is 0 Å². The summed E-state index contributed by atoms with van der Waals surface area (Å²) >= 11 is 0. The Hall–Kier alpha value is -1.47. The second kappa shape index (κ2) is 8.11. The van der Waals surface area contributed by atoms with Crippen LogP contribution in [0.3, 0.4) is 0 Å². The van der Waals surface area contributed by atoms with E-state index in [9.17, 15) is 4.79 Å². The van der Waals surface area contributed by atoms with Gasteiger partial charge in [-0.15, -0.1) is 0 Å². The highest BCUT2D eigenvalue weighted by atomic mass is 28.4. The zero-order chi connectivity index (χ0) is 20.5. The van der Waals surface area contributed by atoms with Gasteiger partial charge in [-0.2, -0.15) is 0 Å². The van der Waals surface area contributed by atoms with Gasteiger partial charge in [0, 0.05) is 18.4 Å². The number of fused-ring (bicyclic) bond motifs is 1. The van der Waals surface area contributed by atoms with Gasteiger partial charge in [0.2, 0.25) is 0 Å². The summed E-state index contributed by atoms with van der Waals surface area (Å²) in [7, 11) is -2.05. The van der Waals surface area contributed by atoms with E-state index in [4.69, 9.17) is 18.6 Å². The molecule has 1 fully saturated rings. The summed E-state index contributed by atoms with van der Waals surface area (Å²) in [6.45, 7) is 13.0. The predicted octanol–water partition coefficient (Wildman–Crippen LogP) is 4.61. The highest BCUT2D eigenvalue weighted by molar-refractivity contribution is 6.74. The summed E-state index contributed by atoms with van der Waals surface area (Å²) in [5, 5.41) is 0.0571. The molecule has 5 nitrogen and oxygen atoms in total. The lowest BCUT2D eigenvalue weighted by Crippen LogP contribution is -2.56. The van der Waals surface area contributed by atoms with Crippen molar-refractivity contribution in [2.75, 3.05) is 6.61 Å². The second-order valence-electron chi connectivity index (χ2n) is 9.14. The summed E-state index contributed by atoms with van der Waals surface area (Å²) in [6, 6.07) is 9.84. The van der Waals surface area contributed by atoms with Crippen molar-refractivity contribution in [2.45, 2.75) is 70.4 Å². The lowest BCUT2D eigenvalue weighted by atomic mass is 9.88. The molecule has 1 aliphatic heterocycles. The third-order valence-electron chi connectivity index (χ3n) is 5.95. The fourth-order valence-corrected chi connectivity index (χ4v) is 4.59. The number of hydrogen-bond acceptors (Lipinski definition) is 5. The standard InChI is InChI=1S/C22H32O5Si/c1-15(23)25-20-18(27-28(5,6)22(2,3)4)13-12-17-14-24-21(26-19(17)20)16-10-8-7-9-11-16/h7-13,17-21H,14H2,1-6H3/t17-,18+,19-,20-,21?/m1/s1. The Balaban J connectivity index is 1.85. The van der Waals surface area contributed by atoms with Gasteiger partial charge in [-0.25, -0.2) is 0 Å². The van der Waals surface area contributed by atoms with Crippen LogP contribution in [0.1, 0.15) is 39.5 Å². The smallest absolute Gasteiger partial charge is 0.303 e. The van der Waals surface area contributed by atoms with Gasteiger partial charge in [0.1, 0.15) is 12.2 Å². The average Bonchev–Trinajstić information content (AvgIpc) is 2.62. The van der Waals surface area contributed by atoms with Gasteiger partial charge in [0.25, 0.3) is 0 Å². The van der Waals surface area contributed by atoms with E-state index in [-0.39, 0.29) is 29.1 Å². The van der Waals surface area contributed by atoms with Gasteiger partial charge >= 0.3 is 5.97 Å². The fraction of sp³-hybridized carbons (Fsp3) is 0.591. The van der Waals surface area contributed by atoms with Crippen molar-refractivity contribution in [3.05, 3.63) is 48.0 Å². The Labute approximate surface area is 169 Å². The Kier molecular flexibility index (Phi) is 6.15. The van der Waals surface area contributed by atoms with Gasteiger partial charge in [0.05, 0.1) is 6.61 Å². The van der Waals surface area contributed by atoms with Crippen molar-refractivity contribution >= 4 is 14.3 Å². The van der Waals surface area contributed by atoms with Crippen LogP contribution in [-0.2, 0) is 23.4 Å². The molecule has 0 N–H and O–H groups in total. The zero-order valence-corrected chi connectivity index (χ0v) is 18.7. The lowest BCUT2D eigenvalue weighted by Gasteiger charge is -2.46. The number of rotatable bonds is 4. The van der Waals surface area contributed by atoms with Crippen molar-refractivity contribution in [1.82, 2.24) is 0 Å². The molecule has 2 aliphatic rings. The number of esters is 1. The molecule has 1 unspecified atom stereocenters. The summed E-state index contributed by atoms with van der Waals surface area (Å²) < 4.78 is 24.6. The first kappa shape index (κ1) is 21.2. The van der Waals surface area contributed by atoms with Gasteiger partial charge in [0.15, 0.2) is 20.7 Å². The minimum absolute atomic E-state index is 0.0311. The number of ether oxygens (including phenoxy) is 3. The van der Waals surface area contributed by atoms with Crippen LogP contribution < -0.4 is 0 Å². The molecular weight excluding hydrogens is 372 g/mol. The number of carbonyl (C=O) groups excluding carboxylic acids is 1. The maximum Gasteiger partial charge on any atom is 0.303 e. The third-order valence-corrected chi connectivity index (χ3v) is 10.4. The van der Waals surface area contributed by atoms with Crippen LogP contribution in [0.15, 0.2) is 42.5 Å². The normalized spacial score (nSPS) is 30.6. The number of hydrogen-bond donors (Lipinski definition) is 0. The summed E-state index contributed by atoms with van der Waals surface area (Å²) in [5.74, 6) is -0.294. The summed E-state index contributed by atoms with van der Waals surface area (Å²) in [6.07, 6.45) is 2.52. The molecule has 0 amide bonds.